The van der Waals surface area contributed by atoms with Crippen LogP contribution < -0.4 is 0 Å². The Balaban J connectivity index is 2.30. The van der Waals surface area contributed by atoms with Crippen molar-refractivity contribution in [3.63, 3.8) is 0 Å². The number of carbonyl (C=O) groups excluding carboxylic acids is 1. The highest BCUT2D eigenvalue weighted by molar-refractivity contribution is 7.89. The monoisotopic (exact) mass is 399 g/mol. The minimum absolute atomic E-state index is 0.122. The van der Waals surface area contributed by atoms with E-state index < -0.39 is 10.0 Å². The van der Waals surface area contributed by atoms with Gasteiger partial charge >= 0.3 is 0 Å². The molecule has 7 heteroatoms. The molecule has 0 heterocycles. The first-order valence-corrected chi connectivity index (χ1v) is 10.5. The fourth-order valence-corrected chi connectivity index (χ4v) is 4.43. The highest BCUT2D eigenvalue weighted by Crippen LogP contribution is 2.21. The number of amides is 1. The summed E-state index contributed by atoms with van der Waals surface area (Å²) in [4.78, 5) is 14.6. The Hall–Kier alpha value is -2.69. The molecular weight excluding hydrogens is 374 g/mol. The lowest BCUT2D eigenvalue weighted by atomic mass is 10.1. The van der Waals surface area contributed by atoms with Gasteiger partial charge in [-0.25, -0.2) is 8.42 Å². The van der Waals surface area contributed by atoms with Gasteiger partial charge in [0.15, 0.2) is 0 Å². The van der Waals surface area contributed by atoms with Gasteiger partial charge in [-0.3, -0.25) is 4.79 Å². The van der Waals surface area contributed by atoms with Gasteiger partial charge in [0.1, 0.15) is 0 Å². The van der Waals surface area contributed by atoms with Gasteiger partial charge in [-0.2, -0.15) is 9.57 Å². The third-order valence-corrected chi connectivity index (χ3v) is 6.68. The van der Waals surface area contributed by atoms with E-state index in [1.165, 1.54) is 15.3 Å². The Kier molecular flexibility index (Phi) is 6.95. The molecular formula is C21H25N3O3S. The van der Waals surface area contributed by atoms with E-state index in [1.807, 2.05) is 0 Å². The Morgan fingerprint density at radius 3 is 2.21 bits per heavy atom. The number of rotatable bonds is 7. The van der Waals surface area contributed by atoms with E-state index in [2.05, 4.69) is 6.07 Å². The van der Waals surface area contributed by atoms with Crippen LogP contribution in [0.3, 0.4) is 0 Å². The lowest BCUT2D eigenvalue weighted by Gasteiger charge is -2.21. The van der Waals surface area contributed by atoms with Crippen LogP contribution in [-0.2, 0) is 16.6 Å². The first-order valence-electron chi connectivity index (χ1n) is 9.09. The molecule has 0 atom stereocenters. The lowest BCUT2D eigenvalue weighted by molar-refractivity contribution is 0.0784. The van der Waals surface area contributed by atoms with Crippen LogP contribution in [0, 0.1) is 18.3 Å². The van der Waals surface area contributed by atoms with Gasteiger partial charge in [0.2, 0.25) is 10.0 Å². The zero-order chi connectivity index (χ0) is 20.9. The van der Waals surface area contributed by atoms with Crippen molar-refractivity contribution in [2.75, 3.05) is 20.1 Å². The molecule has 1 amide bonds. The number of hydrogen-bond donors (Lipinski definition) is 0. The van der Waals surface area contributed by atoms with Crippen molar-refractivity contribution < 1.29 is 13.2 Å². The molecule has 0 N–H and O–H groups in total. The highest BCUT2D eigenvalue weighted by Gasteiger charge is 2.24. The maximum Gasteiger partial charge on any atom is 0.254 e. The van der Waals surface area contributed by atoms with Crippen LogP contribution >= 0.6 is 0 Å². The van der Waals surface area contributed by atoms with E-state index in [-0.39, 0.29) is 10.8 Å². The minimum Gasteiger partial charge on any atom is -0.337 e. The second-order valence-electron chi connectivity index (χ2n) is 6.54. The molecule has 0 radical (unpaired) electrons. The van der Waals surface area contributed by atoms with Crippen molar-refractivity contribution in [2.45, 2.75) is 32.2 Å². The van der Waals surface area contributed by atoms with Gasteiger partial charge in [-0.1, -0.05) is 32.0 Å². The van der Waals surface area contributed by atoms with Crippen LogP contribution in [0.25, 0.3) is 0 Å². The molecule has 0 unspecified atom stereocenters. The molecule has 0 aliphatic carbocycles. The fraction of sp³-hybridized carbons (Fsp3) is 0.333. The third-order valence-electron chi connectivity index (χ3n) is 4.63. The van der Waals surface area contributed by atoms with Crippen molar-refractivity contribution in [1.82, 2.24) is 9.21 Å². The summed E-state index contributed by atoms with van der Waals surface area (Å²) in [5, 5.41) is 8.88. The number of nitriles is 1. The third kappa shape index (κ3) is 4.58. The quantitative estimate of drug-likeness (QED) is 0.716. The summed E-state index contributed by atoms with van der Waals surface area (Å²) >= 11 is 0. The van der Waals surface area contributed by atoms with Crippen molar-refractivity contribution in [1.29, 1.82) is 5.26 Å². The zero-order valence-corrected chi connectivity index (χ0v) is 17.5. The molecule has 2 rings (SSSR count). The summed E-state index contributed by atoms with van der Waals surface area (Å²) in [6, 6.07) is 13.7. The molecule has 6 nitrogen and oxygen atoms in total. The number of nitrogens with zero attached hydrogens (tertiary/aromatic N) is 3. The molecule has 0 saturated heterocycles. The molecule has 2 aromatic carbocycles. The molecule has 28 heavy (non-hydrogen) atoms. The fourth-order valence-electron chi connectivity index (χ4n) is 2.94. The normalized spacial score (nSPS) is 11.3. The maximum absolute atomic E-state index is 12.9. The summed E-state index contributed by atoms with van der Waals surface area (Å²) in [6.07, 6.45) is 0. The van der Waals surface area contributed by atoms with Crippen LogP contribution in [0.2, 0.25) is 0 Å². The van der Waals surface area contributed by atoms with Gasteiger partial charge in [0, 0.05) is 32.2 Å². The molecule has 2 aromatic rings. The molecule has 0 bridgehead atoms. The zero-order valence-electron chi connectivity index (χ0n) is 16.6. The SMILES string of the molecule is CCN(CC)S(=O)(=O)c1ccc(C)c(C(=O)N(C)Cc2ccc(C#N)cc2)c1. The van der Waals surface area contributed by atoms with Gasteiger partial charge in [0.05, 0.1) is 16.5 Å². The largest absolute Gasteiger partial charge is 0.337 e. The summed E-state index contributed by atoms with van der Waals surface area (Å²) in [7, 11) is -1.96. The van der Waals surface area contributed by atoms with E-state index in [1.54, 1.807) is 64.2 Å². The van der Waals surface area contributed by atoms with Gasteiger partial charge < -0.3 is 4.90 Å². The Bertz CT molecular complexity index is 989. The molecule has 0 aromatic heterocycles. The molecule has 148 valence electrons. The summed E-state index contributed by atoms with van der Waals surface area (Å²) < 4.78 is 26.9. The van der Waals surface area contributed by atoms with Gasteiger partial charge in [0.25, 0.3) is 5.91 Å². The average molecular weight is 400 g/mol. The van der Waals surface area contributed by atoms with E-state index in [0.717, 1.165) is 11.1 Å². The van der Waals surface area contributed by atoms with Gasteiger partial charge in [-0.15, -0.1) is 0 Å². The van der Waals surface area contributed by atoms with E-state index in [0.29, 0.717) is 30.8 Å². The maximum atomic E-state index is 12.9. The smallest absolute Gasteiger partial charge is 0.254 e. The minimum atomic E-state index is -3.63. The standard InChI is InChI=1S/C21H25N3O3S/c1-5-24(6-2)28(26,27)19-12-7-16(3)20(13-19)21(25)23(4)15-18-10-8-17(14-22)9-11-18/h7-13H,5-6,15H2,1-4H3. The Labute approximate surface area is 167 Å². The first kappa shape index (κ1) is 21.6. The van der Waals surface area contributed by atoms with Crippen LogP contribution in [0.4, 0.5) is 0 Å². The summed E-state index contributed by atoms with van der Waals surface area (Å²) in [5.74, 6) is -0.251. The van der Waals surface area contributed by atoms with E-state index >= 15 is 0 Å². The number of hydrogen-bond acceptors (Lipinski definition) is 4. The predicted molar refractivity (Wildman–Crippen MR) is 108 cm³/mol. The van der Waals surface area contributed by atoms with Crippen molar-refractivity contribution >= 4 is 15.9 Å². The highest BCUT2D eigenvalue weighted by atomic mass is 32.2. The van der Waals surface area contributed by atoms with E-state index in [9.17, 15) is 13.2 Å². The van der Waals surface area contributed by atoms with Crippen molar-refractivity contribution in [2.24, 2.45) is 0 Å². The van der Waals surface area contributed by atoms with Gasteiger partial charge in [-0.05, 0) is 42.3 Å². The van der Waals surface area contributed by atoms with Crippen molar-refractivity contribution in [3.05, 3.63) is 64.7 Å². The summed E-state index contributed by atoms with van der Waals surface area (Å²) in [6.45, 7) is 6.45. The topological polar surface area (TPSA) is 81.5 Å². The first-order chi connectivity index (χ1) is 13.2. The molecule has 0 aliphatic rings. The number of aryl methyl sites for hydroxylation is 1. The van der Waals surface area contributed by atoms with Crippen LogP contribution in [-0.4, -0.2) is 43.7 Å². The number of benzene rings is 2. The molecule has 0 fully saturated rings. The number of sulfonamides is 1. The molecule has 0 aliphatic heterocycles. The Morgan fingerprint density at radius 2 is 1.68 bits per heavy atom. The summed E-state index contributed by atoms with van der Waals surface area (Å²) in [5.41, 5.74) is 2.53. The van der Waals surface area contributed by atoms with Crippen LogP contribution in [0.1, 0.15) is 40.9 Å². The predicted octanol–water partition coefficient (Wildman–Crippen LogP) is 3.17. The van der Waals surface area contributed by atoms with E-state index in [4.69, 9.17) is 5.26 Å². The average Bonchev–Trinajstić information content (AvgIpc) is 2.69. The second-order valence-corrected chi connectivity index (χ2v) is 8.47. The van der Waals surface area contributed by atoms with Crippen LogP contribution in [0.5, 0.6) is 0 Å². The lowest BCUT2D eigenvalue weighted by Crippen LogP contribution is -2.31. The second kappa shape index (κ2) is 9.00. The molecule has 0 saturated carbocycles. The van der Waals surface area contributed by atoms with Crippen LogP contribution in [0.15, 0.2) is 47.4 Å². The number of carbonyl (C=O) groups is 1. The molecule has 0 spiro atoms. The Morgan fingerprint density at radius 1 is 1.07 bits per heavy atom. The van der Waals surface area contributed by atoms with Crippen molar-refractivity contribution in [3.8, 4) is 6.07 Å².